The fourth-order valence-corrected chi connectivity index (χ4v) is 3.28. The van der Waals surface area contributed by atoms with Gasteiger partial charge in [-0.25, -0.2) is 4.79 Å². The number of hydrogen-bond acceptors (Lipinski definition) is 4. The topological polar surface area (TPSA) is 73.2 Å². The number of aryl methyl sites for hydroxylation is 2. The van der Waals surface area contributed by atoms with Crippen LogP contribution in [0.4, 0.5) is 0 Å². The van der Waals surface area contributed by atoms with Crippen molar-refractivity contribution in [3.05, 3.63) is 23.0 Å². The molecular weight excluding hydrogens is 318 g/mol. The first-order valence-corrected chi connectivity index (χ1v) is 8.99. The van der Waals surface area contributed by atoms with E-state index in [2.05, 4.69) is 17.3 Å². The third kappa shape index (κ3) is 4.94. The Morgan fingerprint density at radius 3 is 2.60 bits per heavy atom. The molecule has 1 aromatic heterocycles. The fourth-order valence-electron chi connectivity index (χ4n) is 3.28. The third-order valence-electron chi connectivity index (χ3n) is 5.05. The van der Waals surface area contributed by atoms with Crippen LogP contribution in [0, 0.1) is 19.8 Å². The lowest BCUT2D eigenvalue weighted by atomic mass is 9.86. The van der Waals surface area contributed by atoms with E-state index in [-0.39, 0.29) is 11.9 Å². The smallest absolute Gasteiger partial charge is 0.331 e. The predicted octanol–water partition coefficient (Wildman–Crippen LogP) is 2.68. The van der Waals surface area contributed by atoms with E-state index < -0.39 is 12.1 Å². The summed E-state index contributed by atoms with van der Waals surface area (Å²) in [6.45, 7) is 7.59. The van der Waals surface area contributed by atoms with Crippen molar-refractivity contribution in [2.24, 2.45) is 13.0 Å². The second kappa shape index (κ2) is 8.32. The number of carbonyl (C=O) groups excluding carboxylic acids is 2. The number of esters is 1. The van der Waals surface area contributed by atoms with Gasteiger partial charge in [-0.1, -0.05) is 19.8 Å². The highest BCUT2D eigenvalue weighted by atomic mass is 16.5. The summed E-state index contributed by atoms with van der Waals surface area (Å²) in [5.41, 5.74) is 2.72. The van der Waals surface area contributed by atoms with Crippen molar-refractivity contribution in [3.63, 3.8) is 0 Å². The molecule has 1 saturated carbocycles. The molecule has 0 aliphatic heterocycles. The molecule has 0 spiro atoms. The van der Waals surface area contributed by atoms with Crippen LogP contribution in [0.15, 0.2) is 6.08 Å². The molecule has 2 rings (SSSR count). The van der Waals surface area contributed by atoms with Gasteiger partial charge in [0.1, 0.15) is 0 Å². The Morgan fingerprint density at radius 2 is 2.00 bits per heavy atom. The van der Waals surface area contributed by atoms with E-state index in [1.165, 1.54) is 12.5 Å². The predicted molar refractivity (Wildman–Crippen MR) is 96.8 cm³/mol. The van der Waals surface area contributed by atoms with Crippen molar-refractivity contribution in [2.75, 3.05) is 0 Å². The number of hydrogen-bond donors (Lipinski definition) is 1. The van der Waals surface area contributed by atoms with Crippen LogP contribution in [0.25, 0.3) is 6.08 Å². The lowest BCUT2D eigenvalue weighted by molar-refractivity contribution is -0.150. The van der Waals surface area contributed by atoms with Crippen LogP contribution in [0.3, 0.4) is 0 Å². The maximum atomic E-state index is 12.3. The Morgan fingerprint density at radius 1 is 1.32 bits per heavy atom. The van der Waals surface area contributed by atoms with E-state index in [0.29, 0.717) is 5.92 Å². The molecule has 1 aliphatic carbocycles. The molecule has 25 heavy (non-hydrogen) atoms. The third-order valence-corrected chi connectivity index (χ3v) is 5.05. The van der Waals surface area contributed by atoms with Crippen molar-refractivity contribution in [1.29, 1.82) is 0 Å². The molecule has 1 N–H and O–H groups in total. The first-order chi connectivity index (χ1) is 11.8. The van der Waals surface area contributed by atoms with Crippen molar-refractivity contribution in [3.8, 4) is 0 Å². The van der Waals surface area contributed by atoms with Gasteiger partial charge in [-0.15, -0.1) is 0 Å². The number of ether oxygens (including phenoxy) is 1. The number of rotatable bonds is 5. The first-order valence-electron chi connectivity index (χ1n) is 8.99. The number of carbonyl (C=O) groups is 2. The Hall–Kier alpha value is -2.11. The van der Waals surface area contributed by atoms with Gasteiger partial charge in [0.05, 0.1) is 5.69 Å². The van der Waals surface area contributed by atoms with Crippen LogP contribution in [-0.2, 0) is 21.4 Å². The standard InChI is InChI=1S/C19H29N3O3/c1-12-8-6-7-9-17(12)20-19(24)15(4)25-18(23)11-10-16-13(2)21-22(5)14(16)3/h10-12,15,17H,6-9H2,1-5H3,(H,20,24)/b11-10+/t12-,15-,17+/m0/s1. The summed E-state index contributed by atoms with van der Waals surface area (Å²) in [4.78, 5) is 24.3. The summed E-state index contributed by atoms with van der Waals surface area (Å²) in [6.07, 6.45) is 6.71. The SMILES string of the molecule is Cc1nn(C)c(C)c1/C=C/C(=O)O[C@@H](C)C(=O)N[C@@H]1CCCC[C@@H]1C. The van der Waals surface area contributed by atoms with Gasteiger partial charge in [-0.2, -0.15) is 5.10 Å². The highest BCUT2D eigenvalue weighted by Crippen LogP contribution is 2.23. The Bertz CT molecular complexity index is 663. The average Bonchev–Trinajstić information content (AvgIpc) is 2.80. The highest BCUT2D eigenvalue weighted by Gasteiger charge is 2.26. The zero-order valence-electron chi connectivity index (χ0n) is 15.8. The van der Waals surface area contributed by atoms with Gasteiger partial charge in [0.2, 0.25) is 0 Å². The van der Waals surface area contributed by atoms with Crippen LogP contribution in [-0.4, -0.2) is 33.8 Å². The zero-order chi connectivity index (χ0) is 18.6. The molecule has 1 amide bonds. The summed E-state index contributed by atoms with van der Waals surface area (Å²) >= 11 is 0. The molecule has 3 atom stereocenters. The molecule has 1 heterocycles. The van der Waals surface area contributed by atoms with E-state index in [1.807, 2.05) is 20.9 Å². The largest absolute Gasteiger partial charge is 0.449 e. The quantitative estimate of drug-likeness (QED) is 0.656. The normalized spacial score (nSPS) is 22.0. The van der Waals surface area contributed by atoms with Crippen molar-refractivity contribution >= 4 is 18.0 Å². The van der Waals surface area contributed by atoms with Gasteiger partial charge in [0, 0.05) is 30.4 Å². The Balaban J connectivity index is 1.88. The van der Waals surface area contributed by atoms with E-state index in [4.69, 9.17) is 4.74 Å². The van der Waals surface area contributed by atoms with Crippen LogP contribution < -0.4 is 5.32 Å². The van der Waals surface area contributed by atoms with Crippen LogP contribution >= 0.6 is 0 Å². The highest BCUT2D eigenvalue weighted by molar-refractivity contribution is 5.90. The average molecular weight is 347 g/mol. The maximum absolute atomic E-state index is 12.3. The number of nitrogens with one attached hydrogen (secondary N) is 1. The lowest BCUT2D eigenvalue weighted by Crippen LogP contribution is -2.45. The minimum atomic E-state index is -0.803. The van der Waals surface area contributed by atoms with Gasteiger partial charge >= 0.3 is 5.97 Å². The number of nitrogens with zero attached hydrogens (tertiary/aromatic N) is 2. The maximum Gasteiger partial charge on any atom is 0.331 e. The summed E-state index contributed by atoms with van der Waals surface area (Å²) in [5.74, 6) is -0.284. The minimum absolute atomic E-state index is 0.179. The summed E-state index contributed by atoms with van der Waals surface area (Å²) in [5, 5.41) is 7.31. The van der Waals surface area contributed by atoms with E-state index >= 15 is 0 Å². The summed E-state index contributed by atoms with van der Waals surface area (Å²) in [6, 6.07) is 0.179. The van der Waals surface area contributed by atoms with Crippen LogP contribution in [0.2, 0.25) is 0 Å². The van der Waals surface area contributed by atoms with Gasteiger partial charge < -0.3 is 10.1 Å². The second-order valence-corrected chi connectivity index (χ2v) is 7.00. The Kier molecular flexibility index (Phi) is 6.39. The molecule has 0 aromatic carbocycles. The van der Waals surface area contributed by atoms with Crippen LogP contribution in [0.5, 0.6) is 0 Å². The van der Waals surface area contributed by atoms with Crippen molar-refractivity contribution < 1.29 is 14.3 Å². The molecule has 1 aromatic rings. The number of aromatic nitrogens is 2. The zero-order valence-corrected chi connectivity index (χ0v) is 15.8. The fraction of sp³-hybridized carbons (Fsp3) is 0.632. The van der Waals surface area contributed by atoms with E-state index in [9.17, 15) is 9.59 Å². The number of amides is 1. The lowest BCUT2D eigenvalue weighted by Gasteiger charge is -2.30. The molecular formula is C19H29N3O3. The molecule has 0 radical (unpaired) electrons. The molecule has 1 aliphatic rings. The molecule has 0 unspecified atom stereocenters. The molecule has 138 valence electrons. The molecule has 0 bridgehead atoms. The summed E-state index contributed by atoms with van der Waals surface area (Å²) < 4.78 is 7.00. The van der Waals surface area contributed by atoms with E-state index in [1.54, 1.807) is 17.7 Å². The van der Waals surface area contributed by atoms with E-state index in [0.717, 1.165) is 36.2 Å². The minimum Gasteiger partial charge on any atom is -0.449 e. The van der Waals surface area contributed by atoms with Gasteiger partial charge in [0.15, 0.2) is 6.10 Å². The first kappa shape index (κ1) is 19.2. The Labute approximate surface area is 149 Å². The second-order valence-electron chi connectivity index (χ2n) is 7.00. The van der Waals surface area contributed by atoms with Gasteiger partial charge in [0.25, 0.3) is 5.91 Å². The van der Waals surface area contributed by atoms with Crippen molar-refractivity contribution in [2.45, 2.75) is 65.5 Å². The van der Waals surface area contributed by atoms with Crippen molar-refractivity contribution in [1.82, 2.24) is 15.1 Å². The molecule has 6 nitrogen and oxygen atoms in total. The monoisotopic (exact) mass is 347 g/mol. The van der Waals surface area contributed by atoms with Gasteiger partial charge in [-0.3, -0.25) is 9.48 Å². The molecule has 1 fully saturated rings. The van der Waals surface area contributed by atoms with Crippen LogP contribution in [0.1, 0.15) is 56.5 Å². The molecule has 0 saturated heterocycles. The molecule has 6 heteroatoms. The summed E-state index contributed by atoms with van der Waals surface area (Å²) in [7, 11) is 1.86. The van der Waals surface area contributed by atoms with Gasteiger partial charge in [-0.05, 0) is 45.6 Å².